The van der Waals surface area contributed by atoms with E-state index in [0.717, 1.165) is 49.5 Å². The molecule has 0 spiro atoms. The van der Waals surface area contributed by atoms with Crippen LogP contribution in [0.2, 0.25) is 0 Å². The summed E-state index contributed by atoms with van der Waals surface area (Å²) in [5, 5.41) is 0. The molecule has 1 saturated heterocycles. The topological polar surface area (TPSA) is 80.4 Å². The Morgan fingerprint density at radius 1 is 0.966 bits per heavy atom. The Balaban J connectivity index is 1.42. The molecule has 1 aromatic carbocycles. The van der Waals surface area contributed by atoms with Crippen molar-refractivity contribution in [3.05, 3.63) is 66.1 Å². The predicted molar refractivity (Wildman–Crippen MR) is 113 cm³/mol. The summed E-state index contributed by atoms with van der Waals surface area (Å²) >= 11 is 0. The number of nitrogens with two attached hydrogens (primary N) is 1. The summed E-state index contributed by atoms with van der Waals surface area (Å²) in [4.78, 5) is 17.7. The van der Waals surface area contributed by atoms with Crippen LogP contribution in [0.5, 0.6) is 5.88 Å². The molecule has 7 heteroatoms. The predicted octanol–water partition coefficient (Wildman–Crippen LogP) is 2.45. The summed E-state index contributed by atoms with van der Waals surface area (Å²) in [5.74, 6) is 0.635. The first kappa shape index (κ1) is 19.3. The summed E-state index contributed by atoms with van der Waals surface area (Å²) < 4.78 is 5.78. The van der Waals surface area contributed by atoms with E-state index in [1.807, 2.05) is 12.1 Å². The van der Waals surface area contributed by atoms with Gasteiger partial charge in [0.05, 0.1) is 11.9 Å². The number of likely N-dealkylation sites (N-methyl/N-ethyl adjacent to an activating group) is 1. The molecule has 1 aliphatic heterocycles. The van der Waals surface area contributed by atoms with E-state index in [1.165, 1.54) is 5.56 Å². The van der Waals surface area contributed by atoms with Crippen molar-refractivity contribution in [3.63, 3.8) is 0 Å². The lowest BCUT2D eigenvalue weighted by Gasteiger charge is -2.32. The summed E-state index contributed by atoms with van der Waals surface area (Å²) in [6.45, 7) is 5.82. The molecule has 0 bridgehead atoms. The molecule has 2 N–H and O–H groups in total. The Morgan fingerprint density at radius 3 is 2.41 bits per heavy atom. The molecule has 1 fully saturated rings. The maximum atomic E-state index is 5.95. The van der Waals surface area contributed by atoms with Crippen LogP contribution in [0.15, 0.2) is 55.0 Å². The average molecular weight is 390 g/mol. The lowest BCUT2D eigenvalue weighted by atomic mass is 10.1. The Kier molecular flexibility index (Phi) is 5.97. The molecule has 150 valence electrons. The van der Waals surface area contributed by atoms with Crippen LogP contribution in [0.1, 0.15) is 11.1 Å². The van der Waals surface area contributed by atoms with E-state index in [4.69, 9.17) is 10.5 Å². The van der Waals surface area contributed by atoms with Gasteiger partial charge in [-0.25, -0.2) is 9.97 Å². The van der Waals surface area contributed by atoms with E-state index < -0.39 is 0 Å². The zero-order valence-corrected chi connectivity index (χ0v) is 16.7. The third-order valence-corrected chi connectivity index (χ3v) is 5.14. The summed E-state index contributed by atoms with van der Waals surface area (Å²) in [5.41, 5.74) is 9.99. The maximum Gasteiger partial charge on any atom is 0.258 e. The van der Waals surface area contributed by atoms with Gasteiger partial charge in [-0.15, -0.1) is 0 Å². The van der Waals surface area contributed by atoms with Crippen LogP contribution in [0.25, 0.3) is 11.3 Å². The second-order valence-electron chi connectivity index (χ2n) is 7.37. The van der Waals surface area contributed by atoms with E-state index in [2.05, 4.69) is 56.1 Å². The molecule has 1 aliphatic rings. The monoisotopic (exact) mass is 390 g/mol. The van der Waals surface area contributed by atoms with Gasteiger partial charge in [-0.05, 0) is 30.3 Å². The highest BCUT2D eigenvalue weighted by atomic mass is 16.5. The quantitative estimate of drug-likeness (QED) is 0.692. The Hall–Kier alpha value is -3.03. The normalized spacial score (nSPS) is 15.3. The second-order valence-corrected chi connectivity index (χ2v) is 7.37. The van der Waals surface area contributed by atoms with Crippen LogP contribution in [0.3, 0.4) is 0 Å². The number of nitrogen functional groups attached to an aromatic ring is 1. The van der Waals surface area contributed by atoms with Crippen LogP contribution in [0.4, 0.5) is 5.82 Å². The zero-order valence-electron chi connectivity index (χ0n) is 16.7. The van der Waals surface area contributed by atoms with E-state index >= 15 is 0 Å². The van der Waals surface area contributed by atoms with Crippen LogP contribution in [-0.4, -0.2) is 58.0 Å². The van der Waals surface area contributed by atoms with Gasteiger partial charge in [0.25, 0.3) is 5.88 Å². The molecule has 2 aromatic heterocycles. The minimum absolute atomic E-state index is 0.287. The third kappa shape index (κ3) is 5.07. The fraction of sp³-hybridized carbons (Fsp3) is 0.318. The number of piperazine rings is 1. The van der Waals surface area contributed by atoms with Crippen molar-refractivity contribution in [2.75, 3.05) is 39.0 Å². The highest BCUT2D eigenvalue weighted by Crippen LogP contribution is 2.24. The minimum Gasteiger partial charge on any atom is -0.470 e. The number of aromatic nitrogens is 3. The average Bonchev–Trinajstić information content (AvgIpc) is 2.76. The molecular formula is C22H26N6O. The van der Waals surface area contributed by atoms with Crippen LogP contribution in [-0.2, 0) is 13.2 Å². The molecule has 0 unspecified atom stereocenters. The van der Waals surface area contributed by atoms with Gasteiger partial charge in [-0.2, -0.15) is 0 Å². The number of rotatable bonds is 6. The van der Waals surface area contributed by atoms with E-state index in [0.29, 0.717) is 12.5 Å². The number of benzene rings is 1. The first-order valence-electron chi connectivity index (χ1n) is 9.82. The number of hydrogen-bond acceptors (Lipinski definition) is 7. The summed E-state index contributed by atoms with van der Waals surface area (Å²) in [6, 6.07) is 12.3. The SMILES string of the molecule is CN1CCN(Cc2ccc(-c3cnc(N)c(OCc4ccncc4)n3)cc2)CC1. The van der Waals surface area contributed by atoms with Gasteiger partial charge in [0.2, 0.25) is 0 Å². The standard InChI is InChI=1S/C22H26N6O/c1-27-10-12-28(13-11-27)15-17-2-4-19(5-3-17)20-14-25-21(23)22(26-20)29-16-18-6-8-24-9-7-18/h2-9,14H,10-13,15-16H2,1H3,(H2,23,25). The van der Waals surface area contributed by atoms with Crippen molar-refractivity contribution >= 4 is 5.82 Å². The van der Waals surface area contributed by atoms with Gasteiger partial charge >= 0.3 is 0 Å². The lowest BCUT2D eigenvalue weighted by Crippen LogP contribution is -2.43. The molecule has 3 heterocycles. The Bertz CT molecular complexity index is 924. The van der Waals surface area contributed by atoms with Gasteiger partial charge in [0.15, 0.2) is 5.82 Å². The molecular weight excluding hydrogens is 364 g/mol. The Labute approximate surface area is 171 Å². The lowest BCUT2D eigenvalue weighted by molar-refractivity contribution is 0.148. The molecule has 0 amide bonds. The fourth-order valence-corrected chi connectivity index (χ4v) is 3.30. The number of nitrogens with zero attached hydrogens (tertiary/aromatic N) is 5. The molecule has 0 saturated carbocycles. The zero-order chi connectivity index (χ0) is 20.1. The van der Waals surface area contributed by atoms with Crippen molar-refractivity contribution in [2.45, 2.75) is 13.2 Å². The number of pyridine rings is 1. The summed E-state index contributed by atoms with van der Waals surface area (Å²) in [7, 11) is 2.18. The van der Waals surface area contributed by atoms with E-state index in [9.17, 15) is 0 Å². The van der Waals surface area contributed by atoms with Gasteiger partial charge in [-0.1, -0.05) is 24.3 Å². The van der Waals surface area contributed by atoms with Crippen molar-refractivity contribution in [1.82, 2.24) is 24.8 Å². The molecule has 4 rings (SSSR count). The number of hydrogen-bond donors (Lipinski definition) is 1. The highest BCUT2D eigenvalue weighted by molar-refractivity contribution is 5.61. The largest absolute Gasteiger partial charge is 0.470 e. The third-order valence-electron chi connectivity index (χ3n) is 5.14. The summed E-state index contributed by atoms with van der Waals surface area (Å²) in [6.07, 6.45) is 5.14. The highest BCUT2D eigenvalue weighted by Gasteiger charge is 2.14. The molecule has 0 atom stereocenters. The van der Waals surface area contributed by atoms with Crippen molar-refractivity contribution in [1.29, 1.82) is 0 Å². The first-order chi connectivity index (χ1) is 14.2. The molecule has 3 aromatic rings. The minimum atomic E-state index is 0.287. The van der Waals surface area contributed by atoms with E-state index in [1.54, 1.807) is 18.6 Å². The fourth-order valence-electron chi connectivity index (χ4n) is 3.30. The molecule has 0 radical (unpaired) electrons. The van der Waals surface area contributed by atoms with Gasteiger partial charge in [0.1, 0.15) is 6.61 Å². The van der Waals surface area contributed by atoms with Crippen LogP contribution in [0, 0.1) is 0 Å². The van der Waals surface area contributed by atoms with Crippen LogP contribution < -0.4 is 10.5 Å². The van der Waals surface area contributed by atoms with Gasteiger partial charge in [0, 0.05) is 50.7 Å². The Morgan fingerprint density at radius 2 is 1.69 bits per heavy atom. The van der Waals surface area contributed by atoms with Crippen LogP contribution >= 0.6 is 0 Å². The molecule has 7 nitrogen and oxygen atoms in total. The van der Waals surface area contributed by atoms with Gasteiger partial charge in [-0.3, -0.25) is 9.88 Å². The molecule has 0 aliphatic carbocycles. The first-order valence-corrected chi connectivity index (χ1v) is 9.82. The van der Waals surface area contributed by atoms with E-state index in [-0.39, 0.29) is 5.82 Å². The number of ether oxygens (including phenoxy) is 1. The smallest absolute Gasteiger partial charge is 0.258 e. The maximum absolute atomic E-state index is 5.95. The van der Waals surface area contributed by atoms with Crippen molar-refractivity contribution in [3.8, 4) is 17.1 Å². The number of anilines is 1. The van der Waals surface area contributed by atoms with Crippen molar-refractivity contribution < 1.29 is 4.74 Å². The molecule has 29 heavy (non-hydrogen) atoms. The second kappa shape index (κ2) is 8.98. The van der Waals surface area contributed by atoms with Crippen molar-refractivity contribution in [2.24, 2.45) is 0 Å². The van der Waals surface area contributed by atoms with Gasteiger partial charge < -0.3 is 15.4 Å².